The normalized spacial score (nSPS) is 10.6. The van der Waals surface area contributed by atoms with Gasteiger partial charge in [0.25, 0.3) is 0 Å². The second kappa shape index (κ2) is 6.00. The molecule has 6 heteroatoms. The molecule has 0 atom stereocenters. The molecule has 23 heavy (non-hydrogen) atoms. The summed E-state index contributed by atoms with van der Waals surface area (Å²) in [4.78, 5) is 15.9. The van der Waals surface area contributed by atoms with Gasteiger partial charge in [0.15, 0.2) is 5.58 Å². The lowest BCUT2D eigenvalue weighted by Gasteiger charge is -2.09. The Morgan fingerprint density at radius 1 is 1.17 bits per heavy atom. The molecule has 1 aromatic heterocycles. The number of nitrogens with zero attached hydrogens (tertiary/aromatic N) is 1. The van der Waals surface area contributed by atoms with E-state index in [4.69, 9.17) is 9.15 Å². The van der Waals surface area contributed by atoms with Crippen LogP contribution in [-0.4, -0.2) is 25.3 Å². The Morgan fingerprint density at radius 2 is 2.00 bits per heavy atom. The molecule has 6 nitrogen and oxygen atoms in total. The number of methoxy groups -OCH3 is 2. The topological polar surface area (TPSA) is 73.6 Å². The van der Waals surface area contributed by atoms with Gasteiger partial charge in [-0.2, -0.15) is 0 Å². The predicted octanol–water partition coefficient (Wildman–Crippen LogP) is 3.99. The zero-order chi connectivity index (χ0) is 16.4. The number of fused-ring (bicyclic) bond motifs is 1. The molecule has 0 fully saturated rings. The zero-order valence-electron chi connectivity index (χ0n) is 13.0. The first-order valence-electron chi connectivity index (χ1n) is 7.01. The molecule has 2 aromatic carbocycles. The maximum atomic E-state index is 11.4. The predicted molar refractivity (Wildman–Crippen MR) is 86.8 cm³/mol. The lowest BCUT2D eigenvalue weighted by atomic mass is 10.1. The Bertz CT molecular complexity index is 870. The van der Waals surface area contributed by atoms with E-state index >= 15 is 0 Å². The van der Waals surface area contributed by atoms with Crippen molar-refractivity contribution in [3.8, 4) is 17.2 Å². The number of carbonyl (C=O) groups is 1. The van der Waals surface area contributed by atoms with Crippen LogP contribution in [0.2, 0.25) is 0 Å². The number of carbonyl (C=O) groups excluding carboxylic acids is 1. The average molecular weight is 312 g/mol. The molecule has 0 aliphatic heterocycles. The number of hydrogen-bond donors (Lipinski definition) is 1. The van der Waals surface area contributed by atoms with Crippen molar-refractivity contribution in [2.24, 2.45) is 0 Å². The zero-order valence-corrected chi connectivity index (χ0v) is 13.0. The van der Waals surface area contributed by atoms with Crippen LogP contribution in [0, 0.1) is 6.92 Å². The van der Waals surface area contributed by atoms with Gasteiger partial charge < -0.3 is 13.9 Å². The third kappa shape index (κ3) is 2.96. The van der Waals surface area contributed by atoms with E-state index < -0.39 is 6.09 Å². The minimum Gasteiger partial charge on any atom is -0.496 e. The molecule has 0 aliphatic rings. The average Bonchev–Trinajstić information content (AvgIpc) is 2.97. The van der Waals surface area contributed by atoms with Gasteiger partial charge in [-0.05, 0) is 42.8 Å². The molecule has 0 spiro atoms. The number of hydrogen-bond acceptors (Lipinski definition) is 5. The monoisotopic (exact) mass is 312 g/mol. The number of oxazole rings is 1. The third-order valence-electron chi connectivity index (χ3n) is 3.40. The SMILES string of the molecule is COC(=O)Nc1ccc(OC)c(-c2nc3cc(C)ccc3o2)c1. The standard InChI is InChI=1S/C17H16N2O4/c1-10-4-6-15-13(8-10)19-16(23-15)12-9-11(18-17(20)22-3)5-7-14(12)21-2/h4-9H,1-3H3,(H,18,20). The molecular formula is C17H16N2O4. The van der Waals surface area contributed by atoms with Gasteiger partial charge in [-0.1, -0.05) is 6.07 Å². The smallest absolute Gasteiger partial charge is 0.411 e. The lowest BCUT2D eigenvalue weighted by Crippen LogP contribution is -2.10. The van der Waals surface area contributed by atoms with Gasteiger partial charge in [0.2, 0.25) is 5.89 Å². The van der Waals surface area contributed by atoms with E-state index in [0.717, 1.165) is 11.1 Å². The first-order valence-corrected chi connectivity index (χ1v) is 7.01. The van der Waals surface area contributed by atoms with Crippen molar-refractivity contribution in [2.45, 2.75) is 6.92 Å². The summed E-state index contributed by atoms with van der Waals surface area (Å²) < 4.78 is 15.8. The van der Waals surface area contributed by atoms with Crippen LogP contribution in [0.15, 0.2) is 40.8 Å². The number of amides is 1. The molecule has 118 valence electrons. The van der Waals surface area contributed by atoms with Crippen molar-refractivity contribution in [1.82, 2.24) is 4.98 Å². The summed E-state index contributed by atoms with van der Waals surface area (Å²) in [5.74, 6) is 1.03. The van der Waals surface area contributed by atoms with Gasteiger partial charge in [-0.25, -0.2) is 9.78 Å². The summed E-state index contributed by atoms with van der Waals surface area (Å²) in [6.45, 7) is 2.00. The number of rotatable bonds is 3. The minimum atomic E-state index is -0.547. The number of nitrogens with one attached hydrogen (secondary N) is 1. The molecule has 3 rings (SSSR count). The maximum absolute atomic E-state index is 11.4. The van der Waals surface area contributed by atoms with Crippen LogP contribution in [0.25, 0.3) is 22.6 Å². The van der Waals surface area contributed by atoms with E-state index in [9.17, 15) is 4.79 Å². The highest BCUT2D eigenvalue weighted by molar-refractivity contribution is 5.86. The van der Waals surface area contributed by atoms with Crippen molar-refractivity contribution in [2.75, 3.05) is 19.5 Å². The van der Waals surface area contributed by atoms with Gasteiger partial charge in [-0.15, -0.1) is 0 Å². The van der Waals surface area contributed by atoms with Gasteiger partial charge in [0, 0.05) is 5.69 Å². The Kier molecular flexibility index (Phi) is 3.89. The first-order chi connectivity index (χ1) is 11.1. The maximum Gasteiger partial charge on any atom is 0.411 e. The fraction of sp³-hybridized carbons (Fsp3) is 0.176. The van der Waals surface area contributed by atoms with Gasteiger partial charge in [0.1, 0.15) is 11.3 Å². The molecule has 0 unspecified atom stereocenters. The van der Waals surface area contributed by atoms with Crippen LogP contribution in [-0.2, 0) is 4.74 Å². The molecule has 3 aromatic rings. The minimum absolute atomic E-state index is 0.427. The van der Waals surface area contributed by atoms with E-state index in [1.54, 1.807) is 25.3 Å². The molecule has 0 saturated carbocycles. The molecule has 1 heterocycles. The molecule has 0 radical (unpaired) electrons. The first kappa shape index (κ1) is 14.9. The number of benzene rings is 2. The molecule has 1 amide bonds. The Morgan fingerprint density at radius 3 is 2.74 bits per heavy atom. The summed E-state index contributed by atoms with van der Waals surface area (Å²) in [6.07, 6.45) is -0.547. The molecule has 0 saturated heterocycles. The second-order valence-corrected chi connectivity index (χ2v) is 5.02. The molecular weight excluding hydrogens is 296 g/mol. The van der Waals surface area contributed by atoms with Crippen molar-refractivity contribution in [1.29, 1.82) is 0 Å². The van der Waals surface area contributed by atoms with Gasteiger partial charge >= 0.3 is 6.09 Å². The van der Waals surface area contributed by atoms with Crippen LogP contribution in [0.5, 0.6) is 5.75 Å². The van der Waals surface area contributed by atoms with Crippen molar-refractivity contribution in [3.05, 3.63) is 42.0 Å². The highest BCUT2D eigenvalue weighted by Crippen LogP contribution is 2.34. The van der Waals surface area contributed by atoms with Crippen LogP contribution < -0.4 is 10.1 Å². The van der Waals surface area contributed by atoms with Crippen LogP contribution in [0.1, 0.15) is 5.56 Å². The third-order valence-corrected chi connectivity index (χ3v) is 3.40. The Hall–Kier alpha value is -3.02. The van der Waals surface area contributed by atoms with E-state index in [0.29, 0.717) is 28.5 Å². The number of anilines is 1. The summed E-state index contributed by atoms with van der Waals surface area (Å²) in [7, 11) is 2.88. The van der Waals surface area contributed by atoms with Crippen molar-refractivity contribution < 1.29 is 18.7 Å². The highest BCUT2D eigenvalue weighted by Gasteiger charge is 2.15. The number of aryl methyl sites for hydroxylation is 1. The molecule has 1 N–H and O–H groups in total. The van der Waals surface area contributed by atoms with Crippen molar-refractivity contribution >= 4 is 22.9 Å². The second-order valence-electron chi connectivity index (χ2n) is 5.02. The van der Waals surface area contributed by atoms with Gasteiger partial charge in [0.05, 0.1) is 19.8 Å². The van der Waals surface area contributed by atoms with E-state index in [2.05, 4.69) is 15.0 Å². The Balaban J connectivity index is 2.07. The van der Waals surface area contributed by atoms with Crippen LogP contribution >= 0.6 is 0 Å². The fourth-order valence-electron chi connectivity index (χ4n) is 2.27. The van der Waals surface area contributed by atoms with E-state index in [1.165, 1.54) is 7.11 Å². The largest absolute Gasteiger partial charge is 0.496 e. The quantitative estimate of drug-likeness (QED) is 0.791. The van der Waals surface area contributed by atoms with Crippen molar-refractivity contribution in [3.63, 3.8) is 0 Å². The lowest BCUT2D eigenvalue weighted by molar-refractivity contribution is 0.187. The Labute approximate surface area is 133 Å². The summed E-state index contributed by atoms with van der Waals surface area (Å²) in [5.41, 5.74) is 3.78. The highest BCUT2D eigenvalue weighted by atomic mass is 16.5. The van der Waals surface area contributed by atoms with E-state index in [-0.39, 0.29) is 0 Å². The summed E-state index contributed by atoms with van der Waals surface area (Å²) >= 11 is 0. The van der Waals surface area contributed by atoms with Crippen LogP contribution in [0.4, 0.5) is 10.5 Å². The van der Waals surface area contributed by atoms with E-state index in [1.807, 2.05) is 25.1 Å². The fourth-order valence-corrected chi connectivity index (χ4v) is 2.27. The summed E-state index contributed by atoms with van der Waals surface area (Å²) in [5, 5.41) is 2.61. The molecule has 0 bridgehead atoms. The van der Waals surface area contributed by atoms with Gasteiger partial charge in [-0.3, -0.25) is 5.32 Å². The number of aromatic nitrogens is 1. The number of ether oxygens (including phenoxy) is 2. The molecule has 0 aliphatic carbocycles. The van der Waals surface area contributed by atoms with Crippen LogP contribution in [0.3, 0.4) is 0 Å². The summed E-state index contributed by atoms with van der Waals surface area (Å²) in [6, 6.07) is 11.0.